The van der Waals surface area contributed by atoms with Crippen LogP contribution in [0, 0.1) is 11.8 Å². The molecule has 0 radical (unpaired) electrons. The Morgan fingerprint density at radius 1 is 1.20 bits per heavy atom. The van der Waals surface area contributed by atoms with Crippen molar-refractivity contribution in [3.05, 3.63) is 77.0 Å². The minimum atomic E-state index is 0.293. The summed E-state index contributed by atoms with van der Waals surface area (Å²) in [5.74, 6) is 6.46. The molecule has 1 fully saturated rings. The number of aryl methyl sites for hydroxylation is 1. The molecule has 1 aliphatic rings. The van der Waals surface area contributed by atoms with E-state index in [4.69, 9.17) is 10.5 Å². The van der Waals surface area contributed by atoms with Crippen LogP contribution in [0.4, 0.5) is 0 Å². The zero-order valence-corrected chi connectivity index (χ0v) is 17.9. The van der Waals surface area contributed by atoms with E-state index in [-0.39, 0.29) is 0 Å². The lowest BCUT2D eigenvalue weighted by Crippen LogP contribution is -2.29. The molecule has 1 heterocycles. The van der Waals surface area contributed by atoms with E-state index in [2.05, 4.69) is 65.8 Å². The molecule has 4 heteroatoms. The fraction of sp³-hybridized carbons (Fsp3) is 0.385. The van der Waals surface area contributed by atoms with Crippen LogP contribution >= 0.6 is 0 Å². The van der Waals surface area contributed by atoms with E-state index in [1.54, 1.807) is 0 Å². The molecule has 30 heavy (non-hydrogen) atoms. The van der Waals surface area contributed by atoms with Gasteiger partial charge in [0.1, 0.15) is 0 Å². The molecule has 1 atom stereocenters. The first-order valence-electron chi connectivity index (χ1n) is 10.9. The van der Waals surface area contributed by atoms with E-state index in [9.17, 15) is 0 Å². The molecule has 0 amide bonds. The third kappa shape index (κ3) is 6.95. The van der Waals surface area contributed by atoms with E-state index >= 15 is 0 Å². The van der Waals surface area contributed by atoms with Crippen LogP contribution in [0.25, 0.3) is 5.70 Å². The Balaban J connectivity index is 1.52. The Morgan fingerprint density at radius 3 is 2.83 bits per heavy atom. The van der Waals surface area contributed by atoms with Crippen LogP contribution in [-0.2, 0) is 17.7 Å². The van der Waals surface area contributed by atoms with E-state index in [0.717, 1.165) is 49.4 Å². The van der Waals surface area contributed by atoms with Crippen molar-refractivity contribution in [3.63, 3.8) is 0 Å². The van der Waals surface area contributed by atoms with E-state index < -0.39 is 0 Å². The normalized spacial score (nSPS) is 16.6. The zero-order valence-electron chi connectivity index (χ0n) is 17.9. The maximum atomic E-state index is 6.34. The molecule has 1 aliphatic heterocycles. The first-order chi connectivity index (χ1) is 14.8. The molecule has 4 N–H and O–H groups in total. The van der Waals surface area contributed by atoms with Gasteiger partial charge in [0.2, 0.25) is 0 Å². The highest BCUT2D eigenvalue weighted by Crippen LogP contribution is 2.18. The summed E-state index contributed by atoms with van der Waals surface area (Å²) in [7, 11) is 0. The molecule has 0 aliphatic carbocycles. The van der Waals surface area contributed by atoms with Crippen LogP contribution in [0.1, 0.15) is 48.4 Å². The third-order valence-electron chi connectivity index (χ3n) is 5.29. The minimum absolute atomic E-state index is 0.293. The van der Waals surface area contributed by atoms with Gasteiger partial charge in [-0.3, -0.25) is 0 Å². The highest BCUT2D eigenvalue weighted by molar-refractivity contribution is 5.66. The molecule has 0 spiro atoms. The second-order valence-electron chi connectivity index (χ2n) is 7.61. The summed E-state index contributed by atoms with van der Waals surface area (Å²) in [6.45, 7) is 5.31. The highest BCUT2D eigenvalue weighted by atomic mass is 16.5. The topological polar surface area (TPSA) is 59.3 Å². The van der Waals surface area contributed by atoms with Gasteiger partial charge in [0.25, 0.3) is 0 Å². The fourth-order valence-corrected chi connectivity index (χ4v) is 3.60. The van der Waals surface area contributed by atoms with Gasteiger partial charge in [-0.05, 0) is 48.9 Å². The summed E-state index contributed by atoms with van der Waals surface area (Å²) in [6, 6.07) is 16.6. The maximum Gasteiger partial charge on any atom is 0.0747 e. The van der Waals surface area contributed by atoms with Crippen molar-refractivity contribution in [1.82, 2.24) is 10.6 Å². The molecule has 2 aromatic rings. The molecular formula is C26H33N3O. The average Bonchev–Trinajstić information content (AvgIpc) is 2.80. The smallest absolute Gasteiger partial charge is 0.0747 e. The minimum Gasteiger partial charge on any atom is -0.397 e. The summed E-state index contributed by atoms with van der Waals surface area (Å²) >= 11 is 0. The van der Waals surface area contributed by atoms with Crippen LogP contribution in [0.2, 0.25) is 0 Å². The number of nitrogens with one attached hydrogen (secondary N) is 2. The van der Waals surface area contributed by atoms with Gasteiger partial charge in [-0.25, -0.2) is 0 Å². The van der Waals surface area contributed by atoms with Crippen molar-refractivity contribution in [2.45, 2.75) is 45.3 Å². The third-order valence-corrected chi connectivity index (χ3v) is 5.29. The SMILES string of the molecule is CCc1cc(C#CCNCc2ccccc2)ccc1/C(N)=C/NCC1CCCCO1. The lowest BCUT2D eigenvalue weighted by atomic mass is 10.00. The predicted octanol–water partition coefficient (Wildman–Crippen LogP) is 3.81. The van der Waals surface area contributed by atoms with Crippen LogP contribution in [-0.4, -0.2) is 25.8 Å². The summed E-state index contributed by atoms with van der Waals surface area (Å²) in [6.07, 6.45) is 6.65. The van der Waals surface area contributed by atoms with Gasteiger partial charge in [0.15, 0.2) is 0 Å². The quantitative estimate of drug-likeness (QED) is 0.463. The Hall–Kier alpha value is -2.74. The van der Waals surface area contributed by atoms with Gasteiger partial charge in [-0.1, -0.05) is 55.2 Å². The van der Waals surface area contributed by atoms with Crippen molar-refractivity contribution in [1.29, 1.82) is 0 Å². The molecule has 3 rings (SSSR count). The van der Waals surface area contributed by atoms with Gasteiger partial charge >= 0.3 is 0 Å². The van der Waals surface area contributed by atoms with Gasteiger partial charge in [0.05, 0.1) is 18.3 Å². The van der Waals surface area contributed by atoms with Crippen molar-refractivity contribution >= 4 is 5.70 Å². The summed E-state index contributed by atoms with van der Waals surface area (Å²) in [5, 5.41) is 6.69. The Labute approximate surface area is 180 Å². The van der Waals surface area contributed by atoms with Crippen molar-refractivity contribution in [3.8, 4) is 11.8 Å². The number of hydrogen-bond donors (Lipinski definition) is 3. The molecule has 4 nitrogen and oxygen atoms in total. The molecule has 1 saturated heterocycles. The average molecular weight is 404 g/mol. The van der Waals surface area contributed by atoms with Gasteiger partial charge in [-0.15, -0.1) is 0 Å². The van der Waals surface area contributed by atoms with Crippen LogP contribution in [0.3, 0.4) is 0 Å². The standard InChI is InChI=1S/C26H33N3O/c1-2-23-17-21(11-8-15-28-18-22-9-4-3-5-10-22)13-14-25(23)26(27)20-29-19-24-12-6-7-16-30-24/h3-5,9-10,13-14,17,20,24,28-29H,2,6-7,12,15-16,18-19,27H2,1H3/b26-20-. The number of hydrogen-bond acceptors (Lipinski definition) is 4. The lowest BCUT2D eigenvalue weighted by molar-refractivity contribution is 0.0188. The maximum absolute atomic E-state index is 6.34. The first-order valence-corrected chi connectivity index (χ1v) is 10.9. The molecule has 1 unspecified atom stereocenters. The Bertz CT molecular complexity index is 874. The van der Waals surface area contributed by atoms with Gasteiger partial charge < -0.3 is 21.1 Å². The monoisotopic (exact) mass is 403 g/mol. The second-order valence-corrected chi connectivity index (χ2v) is 7.61. The van der Waals surface area contributed by atoms with Crippen molar-refractivity contribution in [2.24, 2.45) is 5.73 Å². The van der Waals surface area contributed by atoms with E-state index in [0.29, 0.717) is 12.6 Å². The number of rotatable bonds is 8. The van der Waals surface area contributed by atoms with Gasteiger partial charge in [-0.2, -0.15) is 0 Å². The molecule has 0 saturated carbocycles. The molecule has 2 aromatic carbocycles. The first kappa shape index (κ1) is 22.0. The molecule has 0 aromatic heterocycles. The zero-order chi connectivity index (χ0) is 21.0. The summed E-state index contributed by atoms with van der Waals surface area (Å²) in [4.78, 5) is 0. The van der Waals surface area contributed by atoms with E-state index in [1.165, 1.54) is 24.0 Å². The van der Waals surface area contributed by atoms with Crippen LogP contribution < -0.4 is 16.4 Å². The fourth-order valence-electron chi connectivity index (χ4n) is 3.60. The molecule has 158 valence electrons. The Morgan fingerprint density at radius 2 is 2.07 bits per heavy atom. The largest absolute Gasteiger partial charge is 0.397 e. The van der Waals surface area contributed by atoms with Crippen molar-refractivity contribution in [2.75, 3.05) is 19.7 Å². The summed E-state index contributed by atoms with van der Waals surface area (Å²) < 4.78 is 5.75. The number of nitrogens with two attached hydrogens (primary N) is 1. The van der Waals surface area contributed by atoms with Crippen LogP contribution in [0.5, 0.6) is 0 Å². The number of benzene rings is 2. The second kappa shape index (κ2) is 12.1. The van der Waals surface area contributed by atoms with Gasteiger partial charge in [0, 0.05) is 37.0 Å². The van der Waals surface area contributed by atoms with E-state index in [1.807, 2.05) is 18.3 Å². The predicted molar refractivity (Wildman–Crippen MR) is 125 cm³/mol. The number of ether oxygens (including phenoxy) is 1. The molecular weight excluding hydrogens is 370 g/mol. The molecule has 0 bridgehead atoms. The summed E-state index contributed by atoms with van der Waals surface area (Å²) in [5.41, 5.74) is 11.7. The lowest BCUT2D eigenvalue weighted by Gasteiger charge is -2.22. The Kier molecular flexibility index (Phi) is 8.83. The highest BCUT2D eigenvalue weighted by Gasteiger charge is 2.12. The van der Waals surface area contributed by atoms with Crippen molar-refractivity contribution < 1.29 is 4.74 Å². The van der Waals surface area contributed by atoms with Crippen LogP contribution in [0.15, 0.2) is 54.7 Å².